The second-order valence-corrected chi connectivity index (χ2v) is 7.89. The quantitative estimate of drug-likeness (QED) is 0.557. The van der Waals surface area contributed by atoms with Gasteiger partial charge in [-0.3, -0.25) is 0 Å². The van der Waals surface area contributed by atoms with Crippen molar-refractivity contribution in [2.24, 2.45) is 5.41 Å². The molecule has 1 aromatic rings. The van der Waals surface area contributed by atoms with Crippen molar-refractivity contribution in [1.82, 2.24) is 0 Å². The van der Waals surface area contributed by atoms with E-state index in [-0.39, 0.29) is 23.0 Å². The predicted molar refractivity (Wildman–Crippen MR) is 108 cm³/mol. The second-order valence-electron chi connectivity index (χ2n) is 7.89. The Labute approximate surface area is 162 Å². The number of carbonyl (C=O) groups excluding carboxylic acids is 1. The van der Waals surface area contributed by atoms with E-state index in [1.54, 1.807) is 6.07 Å². The number of ether oxygens (including phenoxy) is 2. The molecule has 0 heterocycles. The summed E-state index contributed by atoms with van der Waals surface area (Å²) in [5.74, 6) is -0.163. The van der Waals surface area contributed by atoms with Gasteiger partial charge in [-0.2, -0.15) is 0 Å². The summed E-state index contributed by atoms with van der Waals surface area (Å²) in [4.78, 5) is 12.7. The third kappa shape index (κ3) is 6.31. The van der Waals surface area contributed by atoms with Gasteiger partial charge in [0.15, 0.2) is 11.5 Å². The first-order valence-corrected chi connectivity index (χ1v) is 9.31. The number of esters is 1. The van der Waals surface area contributed by atoms with Gasteiger partial charge in [0.25, 0.3) is 0 Å². The molecule has 0 aliphatic heterocycles. The van der Waals surface area contributed by atoms with E-state index in [0.717, 1.165) is 18.4 Å². The van der Waals surface area contributed by atoms with Crippen LogP contribution in [0.4, 0.5) is 0 Å². The fourth-order valence-electron chi connectivity index (χ4n) is 3.21. The number of phenols is 1. The molecule has 0 radical (unpaired) electrons. The van der Waals surface area contributed by atoms with Crippen LogP contribution in [0.2, 0.25) is 0 Å². The fraction of sp³-hybridized carbons (Fsp3) is 0.435. The summed E-state index contributed by atoms with van der Waals surface area (Å²) in [6.07, 6.45) is 9.47. The van der Waals surface area contributed by atoms with Gasteiger partial charge in [0, 0.05) is 6.42 Å². The van der Waals surface area contributed by atoms with Crippen LogP contribution in [0.5, 0.6) is 11.5 Å². The van der Waals surface area contributed by atoms with E-state index >= 15 is 0 Å². The zero-order chi connectivity index (χ0) is 20.0. The minimum absolute atomic E-state index is 0.00531. The molecule has 0 unspecified atom stereocenters. The molecular formula is C23H30O4. The van der Waals surface area contributed by atoms with Crippen LogP contribution in [-0.4, -0.2) is 24.3 Å². The maximum atomic E-state index is 12.7. The van der Waals surface area contributed by atoms with Crippen LogP contribution in [0.1, 0.15) is 56.8 Å². The number of allylic oxidation sites excluding steroid dienone is 4. The van der Waals surface area contributed by atoms with Crippen LogP contribution >= 0.6 is 0 Å². The number of methoxy groups -OCH3 is 1. The van der Waals surface area contributed by atoms with E-state index in [1.807, 2.05) is 0 Å². The van der Waals surface area contributed by atoms with Gasteiger partial charge >= 0.3 is 5.97 Å². The molecule has 2 rings (SSSR count). The molecule has 1 aliphatic carbocycles. The lowest BCUT2D eigenvalue weighted by Gasteiger charge is -2.27. The first kappa shape index (κ1) is 20.8. The minimum Gasteiger partial charge on any atom is -0.504 e. The highest BCUT2D eigenvalue weighted by atomic mass is 16.5. The Kier molecular flexibility index (Phi) is 6.89. The fourth-order valence-corrected chi connectivity index (χ4v) is 3.21. The Bertz CT molecular complexity index is 756. The van der Waals surface area contributed by atoms with Crippen LogP contribution < -0.4 is 4.74 Å². The van der Waals surface area contributed by atoms with E-state index in [1.165, 1.54) is 24.8 Å². The van der Waals surface area contributed by atoms with Crippen LogP contribution in [0.15, 0.2) is 54.2 Å². The zero-order valence-corrected chi connectivity index (χ0v) is 16.7. The molecule has 0 aromatic heterocycles. The van der Waals surface area contributed by atoms with Crippen molar-refractivity contribution in [3.8, 4) is 11.5 Å². The maximum absolute atomic E-state index is 12.7. The van der Waals surface area contributed by atoms with Gasteiger partial charge in [0.2, 0.25) is 0 Å². The average molecular weight is 370 g/mol. The van der Waals surface area contributed by atoms with Crippen LogP contribution in [-0.2, 0) is 4.74 Å². The number of hydrogen-bond acceptors (Lipinski definition) is 4. The lowest BCUT2D eigenvalue weighted by Crippen LogP contribution is -2.25. The van der Waals surface area contributed by atoms with Gasteiger partial charge in [0.05, 0.1) is 12.7 Å². The van der Waals surface area contributed by atoms with E-state index in [0.29, 0.717) is 18.4 Å². The first-order chi connectivity index (χ1) is 12.7. The average Bonchev–Trinajstić information content (AvgIpc) is 2.61. The Hall–Kier alpha value is -2.49. The van der Waals surface area contributed by atoms with Crippen molar-refractivity contribution >= 4 is 5.97 Å². The van der Waals surface area contributed by atoms with Gasteiger partial charge in [0.1, 0.15) is 6.10 Å². The highest BCUT2D eigenvalue weighted by Crippen LogP contribution is 2.31. The van der Waals surface area contributed by atoms with Gasteiger partial charge in [-0.15, -0.1) is 0 Å². The van der Waals surface area contributed by atoms with E-state index < -0.39 is 5.97 Å². The van der Waals surface area contributed by atoms with Gasteiger partial charge in [-0.05, 0) is 49.8 Å². The standard InChI is InChI=1S/C23H30O4/c1-16-7-6-8-17(2)13-19(15-23(3,4)12-11-16)27-22(25)18-9-10-20(24)21(14-18)26-5/h8-12,14,19,24H,1,6-7,13,15H2,2-5H3/b12-11+,17-8+/t19-/m1/s1. The zero-order valence-electron chi connectivity index (χ0n) is 16.7. The summed E-state index contributed by atoms with van der Waals surface area (Å²) in [6, 6.07) is 4.49. The third-order valence-electron chi connectivity index (χ3n) is 4.72. The van der Waals surface area contributed by atoms with Crippen LogP contribution in [0.25, 0.3) is 0 Å². The molecule has 0 amide bonds. The number of carbonyl (C=O) groups is 1. The van der Waals surface area contributed by atoms with E-state index in [4.69, 9.17) is 9.47 Å². The molecule has 0 saturated heterocycles. The molecule has 1 aliphatic rings. The number of phenolic OH excluding ortho intramolecular Hbond substituents is 1. The van der Waals surface area contributed by atoms with Gasteiger partial charge in [-0.1, -0.05) is 49.8 Å². The SMILES string of the molecule is C=C1/C=C/C(C)(C)C[C@H](OC(=O)c2ccc(O)c(OC)c2)C/C(C)=C/CC1. The monoisotopic (exact) mass is 370 g/mol. The van der Waals surface area contributed by atoms with Gasteiger partial charge in [-0.25, -0.2) is 4.79 Å². The molecule has 0 spiro atoms. The van der Waals surface area contributed by atoms with Crippen molar-refractivity contribution in [2.75, 3.05) is 7.11 Å². The van der Waals surface area contributed by atoms with Crippen molar-refractivity contribution in [2.45, 2.75) is 52.6 Å². The summed E-state index contributed by atoms with van der Waals surface area (Å²) in [7, 11) is 1.45. The predicted octanol–water partition coefficient (Wildman–Crippen LogP) is 5.59. The van der Waals surface area contributed by atoms with Crippen molar-refractivity contribution in [3.05, 3.63) is 59.7 Å². The number of benzene rings is 1. The molecule has 27 heavy (non-hydrogen) atoms. The molecule has 1 N–H and O–H groups in total. The molecule has 0 fully saturated rings. The van der Waals surface area contributed by atoms with Crippen LogP contribution in [0, 0.1) is 5.41 Å². The van der Waals surface area contributed by atoms with E-state index in [2.05, 4.69) is 45.6 Å². The molecule has 4 heteroatoms. The van der Waals surface area contributed by atoms with Gasteiger partial charge < -0.3 is 14.6 Å². The summed E-state index contributed by atoms with van der Waals surface area (Å²) in [5, 5.41) is 9.72. The highest BCUT2D eigenvalue weighted by molar-refractivity contribution is 5.90. The summed E-state index contributed by atoms with van der Waals surface area (Å²) in [5.41, 5.74) is 2.56. The largest absolute Gasteiger partial charge is 0.504 e. The Morgan fingerprint density at radius 1 is 1.33 bits per heavy atom. The highest BCUT2D eigenvalue weighted by Gasteiger charge is 2.25. The molecule has 4 nitrogen and oxygen atoms in total. The van der Waals surface area contributed by atoms with Crippen molar-refractivity contribution in [3.63, 3.8) is 0 Å². The molecule has 146 valence electrons. The Morgan fingerprint density at radius 2 is 2.07 bits per heavy atom. The van der Waals surface area contributed by atoms with E-state index in [9.17, 15) is 9.90 Å². The molecule has 0 saturated carbocycles. The third-order valence-corrected chi connectivity index (χ3v) is 4.72. The Balaban J connectivity index is 2.22. The summed E-state index contributed by atoms with van der Waals surface area (Å²) in [6.45, 7) is 10.5. The minimum atomic E-state index is -0.412. The normalized spacial score (nSPS) is 23.5. The topological polar surface area (TPSA) is 55.8 Å². The molecule has 1 atom stereocenters. The summed E-state index contributed by atoms with van der Waals surface area (Å²) >= 11 is 0. The lowest BCUT2D eigenvalue weighted by molar-refractivity contribution is 0.0221. The lowest BCUT2D eigenvalue weighted by atomic mass is 9.84. The van der Waals surface area contributed by atoms with Crippen molar-refractivity contribution in [1.29, 1.82) is 0 Å². The van der Waals surface area contributed by atoms with Crippen molar-refractivity contribution < 1.29 is 19.4 Å². The number of rotatable bonds is 3. The molecular weight excluding hydrogens is 340 g/mol. The smallest absolute Gasteiger partial charge is 0.338 e. The first-order valence-electron chi connectivity index (χ1n) is 9.31. The Morgan fingerprint density at radius 3 is 2.78 bits per heavy atom. The summed E-state index contributed by atoms with van der Waals surface area (Å²) < 4.78 is 10.9. The molecule has 1 aromatic carbocycles. The molecule has 0 bridgehead atoms. The number of hydrogen-bond donors (Lipinski definition) is 1. The maximum Gasteiger partial charge on any atom is 0.338 e. The number of aromatic hydroxyl groups is 1. The van der Waals surface area contributed by atoms with Crippen LogP contribution in [0.3, 0.4) is 0 Å². The second kappa shape index (κ2) is 8.94.